The number of benzene rings is 1. The molecule has 0 saturated heterocycles. The molecule has 0 heterocycles. The van der Waals surface area contributed by atoms with Gasteiger partial charge < -0.3 is 4.74 Å². The van der Waals surface area contributed by atoms with Gasteiger partial charge in [0, 0.05) is 10.9 Å². The number of alkyl halides is 1. The minimum atomic E-state index is 0.560. The summed E-state index contributed by atoms with van der Waals surface area (Å²) in [5, 5.41) is 0.820. The second-order valence-electron chi connectivity index (χ2n) is 2.34. The Kier molecular flexibility index (Phi) is 3.88. The molecule has 1 rings (SSSR count). The molecule has 64 valence electrons. The molecule has 0 amide bonds. The number of hydrogen-bond acceptors (Lipinski definition) is 1. The van der Waals surface area contributed by atoms with Crippen molar-refractivity contribution in [1.29, 1.82) is 0 Å². The highest BCUT2D eigenvalue weighted by Crippen LogP contribution is 2.20. The van der Waals surface area contributed by atoms with Gasteiger partial charge >= 0.3 is 0 Å². The molecule has 0 bridgehead atoms. The second-order valence-corrected chi connectivity index (χ2v) is 2.90. The smallest absolute Gasteiger partial charge is 0.123 e. The number of ether oxygens (including phenoxy) is 1. The average molecular weight is 227 g/mol. The molecule has 0 aliphatic heterocycles. The van der Waals surface area contributed by atoms with E-state index in [9.17, 15) is 0 Å². The SMILES string of the molecule is C=CCOc1ccccc1CBr. The van der Waals surface area contributed by atoms with Gasteiger partial charge in [0.2, 0.25) is 0 Å². The molecular weight excluding hydrogens is 216 g/mol. The van der Waals surface area contributed by atoms with Crippen molar-refractivity contribution in [3.63, 3.8) is 0 Å². The number of rotatable bonds is 4. The summed E-state index contributed by atoms with van der Waals surface area (Å²) in [5.41, 5.74) is 1.17. The largest absolute Gasteiger partial charge is 0.489 e. The zero-order valence-corrected chi connectivity index (χ0v) is 8.38. The predicted molar refractivity (Wildman–Crippen MR) is 54.8 cm³/mol. The molecule has 1 nitrogen and oxygen atoms in total. The fourth-order valence-corrected chi connectivity index (χ4v) is 1.37. The van der Waals surface area contributed by atoms with Crippen LogP contribution in [0.2, 0.25) is 0 Å². The molecule has 0 aliphatic rings. The van der Waals surface area contributed by atoms with E-state index in [0.717, 1.165) is 11.1 Å². The Morgan fingerprint density at radius 1 is 1.42 bits per heavy atom. The van der Waals surface area contributed by atoms with E-state index in [1.54, 1.807) is 6.08 Å². The first-order chi connectivity index (χ1) is 5.88. The van der Waals surface area contributed by atoms with Crippen molar-refractivity contribution in [2.24, 2.45) is 0 Å². The van der Waals surface area contributed by atoms with Gasteiger partial charge in [-0.05, 0) is 6.07 Å². The summed E-state index contributed by atoms with van der Waals surface area (Å²) in [6.45, 7) is 4.15. The van der Waals surface area contributed by atoms with E-state index in [-0.39, 0.29) is 0 Å². The van der Waals surface area contributed by atoms with Crippen LogP contribution in [-0.4, -0.2) is 6.61 Å². The molecule has 0 N–H and O–H groups in total. The van der Waals surface area contributed by atoms with Crippen LogP contribution in [-0.2, 0) is 5.33 Å². The summed E-state index contributed by atoms with van der Waals surface area (Å²) in [7, 11) is 0. The first kappa shape index (κ1) is 9.33. The first-order valence-electron chi connectivity index (χ1n) is 3.76. The maximum absolute atomic E-state index is 5.43. The fourth-order valence-electron chi connectivity index (χ4n) is 0.904. The maximum Gasteiger partial charge on any atom is 0.123 e. The lowest BCUT2D eigenvalue weighted by molar-refractivity contribution is 0.360. The van der Waals surface area contributed by atoms with E-state index in [2.05, 4.69) is 22.5 Å². The molecule has 0 fully saturated rings. The second kappa shape index (κ2) is 4.99. The minimum absolute atomic E-state index is 0.560. The molecule has 0 aromatic heterocycles. The number of hydrogen-bond donors (Lipinski definition) is 0. The van der Waals surface area contributed by atoms with Crippen molar-refractivity contribution in [3.05, 3.63) is 42.5 Å². The topological polar surface area (TPSA) is 9.23 Å². The molecule has 0 atom stereocenters. The molecule has 0 spiro atoms. The highest BCUT2D eigenvalue weighted by molar-refractivity contribution is 9.08. The van der Waals surface area contributed by atoms with Gasteiger partial charge in [0.15, 0.2) is 0 Å². The zero-order chi connectivity index (χ0) is 8.81. The molecule has 0 saturated carbocycles. The van der Waals surface area contributed by atoms with Gasteiger partial charge in [0.05, 0.1) is 0 Å². The summed E-state index contributed by atoms with van der Waals surface area (Å²) >= 11 is 3.39. The van der Waals surface area contributed by atoms with E-state index >= 15 is 0 Å². The molecular formula is C10H11BrO. The van der Waals surface area contributed by atoms with Crippen molar-refractivity contribution in [1.82, 2.24) is 0 Å². The van der Waals surface area contributed by atoms with Gasteiger partial charge in [-0.15, -0.1) is 0 Å². The van der Waals surface area contributed by atoms with Crippen LogP contribution in [0.5, 0.6) is 5.75 Å². The van der Waals surface area contributed by atoms with Gasteiger partial charge in [-0.3, -0.25) is 0 Å². The third-order valence-electron chi connectivity index (χ3n) is 1.47. The fraction of sp³-hybridized carbons (Fsp3) is 0.200. The van der Waals surface area contributed by atoms with Crippen LogP contribution in [0.15, 0.2) is 36.9 Å². The van der Waals surface area contributed by atoms with Crippen molar-refractivity contribution in [2.45, 2.75) is 5.33 Å². The molecule has 0 aliphatic carbocycles. The third kappa shape index (κ3) is 2.38. The Labute approximate surface area is 81.2 Å². The summed E-state index contributed by atoms with van der Waals surface area (Å²) in [6, 6.07) is 7.95. The summed E-state index contributed by atoms with van der Waals surface area (Å²) in [6.07, 6.45) is 1.74. The normalized spacial score (nSPS) is 9.42. The van der Waals surface area contributed by atoms with Gasteiger partial charge in [0.1, 0.15) is 12.4 Å². The minimum Gasteiger partial charge on any atom is -0.489 e. The highest BCUT2D eigenvalue weighted by atomic mass is 79.9. The lowest BCUT2D eigenvalue weighted by Gasteiger charge is -2.06. The van der Waals surface area contributed by atoms with E-state index in [1.165, 1.54) is 5.56 Å². The quantitative estimate of drug-likeness (QED) is 0.567. The lowest BCUT2D eigenvalue weighted by Crippen LogP contribution is -1.95. The first-order valence-corrected chi connectivity index (χ1v) is 4.88. The van der Waals surface area contributed by atoms with E-state index in [1.807, 2.05) is 24.3 Å². The average Bonchev–Trinajstić information content (AvgIpc) is 2.15. The Morgan fingerprint density at radius 3 is 2.83 bits per heavy atom. The van der Waals surface area contributed by atoms with E-state index < -0.39 is 0 Å². The number of para-hydroxylation sites is 1. The Morgan fingerprint density at radius 2 is 2.17 bits per heavy atom. The summed E-state index contributed by atoms with van der Waals surface area (Å²) < 4.78 is 5.43. The molecule has 0 unspecified atom stereocenters. The molecule has 2 heteroatoms. The molecule has 1 aromatic carbocycles. The summed E-state index contributed by atoms with van der Waals surface area (Å²) in [5.74, 6) is 0.925. The van der Waals surface area contributed by atoms with E-state index in [0.29, 0.717) is 6.61 Å². The number of halogens is 1. The molecule has 1 aromatic rings. The van der Waals surface area contributed by atoms with Crippen LogP contribution in [0.4, 0.5) is 0 Å². The van der Waals surface area contributed by atoms with Crippen molar-refractivity contribution >= 4 is 15.9 Å². The van der Waals surface area contributed by atoms with Crippen LogP contribution >= 0.6 is 15.9 Å². The van der Waals surface area contributed by atoms with Crippen LogP contribution in [0.25, 0.3) is 0 Å². The Bertz CT molecular complexity index is 258. The van der Waals surface area contributed by atoms with Gasteiger partial charge in [-0.1, -0.05) is 46.8 Å². The third-order valence-corrected chi connectivity index (χ3v) is 2.08. The van der Waals surface area contributed by atoms with Crippen LogP contribution in [0.1, 0.15) is 5.56 Å². The maximum atomic E-state index is 5.43. The van der Waals surface area contributed by atoms with Gasteiger partial charge in [-0.2, -0.15) is 0 Å². The summed E-state index contributed by atoms with van der Waals surface area (Å²) in [4.78, 5) is 0. The Balaban J connectivity index is 2.74. The zero-order valence-electron chi connectivity index (χ0n) is 6.79. The van der Waals surface area contributed by atoms with E-state index in [4.69, 9.17) is 4.74 Å². The van der Waals surface area contributed by atoms with Crippen molar-refractivity contribution < 1.29 is 4.74 Å². The van der Waals surface area contributed by atoms with Crippen LogP contribution in [0.3, 0.4) is 0 Å². The predicted octanol–water partition coefficient (Wildman–Crippen LogP) is 3.15. The van der Waals surface area contributed by atoms with Gasteiger partial charge in [0.25, 0.3) is 0 Å². The van der Waals surface area contributed by atoms with Crippen molar-refractivity contribution in [2.75, 3.05) is 6.61 Å². The van der Waals surface area contributed by atoms with Crippen molar-refractivity contribution in [3.8, 4) is 5.75 Å². The molecule has 0 radical (unpaired) electrons. The molecule has 12 heavy (non-hydrogen) atoms. The Hall–Kier alpha value is -0.760. The lowest BCUT2D eigenvalue weighted by atomic mass is 10.2. The van der Waals surface area contributed by atoms with Crippen LogP contribution in [0, 0.1) is 0 Å². The monoisotopic (exact) mass is 226 g/mol. The van der Waals surface area contributed by atoms with Gasteiger partial charge in [-0.25, -0.2) is 0 Å². The highest BCUT2D eigenvalue weighted by Gasteiger charge is 1.98. The van der Waals surface area contributed by atoms with Crippen LogP contribution < -0.4 is 4.74 Å². The standard InChI is InChI=1S/C10H11BrO/c1-2-7-12-10-6-4-3-5-9(10)8-11/h2-6H,1,7-8H2.